The van der Waals surface area contributed by atoms with E-state index in [0.717, 1.165) is 11.1 Å². The van der Waals surface area contributed by atoms with Crippen LogP contribution in [0.3, 0.4) is 0 Å². The number of rotatable bonds is 3. The summed E-state index contributed by atoms with van der Waals surface area (Å²) in [7, 11) is 0. The summed E-state index contributed by atoms with van der Waals surface area (Å²) < 4.78 is 58.8. The predicted octanol–water partition coefficient (Wildman–Crippen LogP) is 5.38. The first-order valence-electron chi connectivity index (χ1n) is 9.16. The SMILES string of the molecule is Fc1ccccc1C1=Cc2ccccc2C1n1cnc2c(NS)nc(C(F)(F)F)nc21. The molecule has 156 valence electrons. The Bertz CT molecular complexity index is 1350. The van der Waals surface area contributed by atoms with E-state index < -0.39 is 23.9 Å². The van der Waals surface area contributed by atoms with Crippen LogP contribution >= 0.6 is 12.8 Å². The standard InChI is InChI=1S/C21H13F4N5S/c22-15-8-4-3-7-13(15)14-9-11-5-1-2-6-12(11)17(14)30-10-26-16-18(29-31)27-20(21(23,24)25)28-19(16)30/h1-10,17,31H,(H,27,28,29). The van der Waals surface area contributed by atoms with Crippen LogP contribution in [-0.2, 0) is 6.18 Å². The topological polar surface area (TPSA) is 55.6 Å². The summed E-state index contributed by atoms with van der Waals surface area (Å²) >= 11 is 3.86. The van der Waals surface area contributed by atoms with E-state index in [0.29, 0.717) is 11.1 Å². The molecule has 1 aliphatic carbocycles. The van der Waals surface area contributed by atoms with Gasteiger partial charge in [-0.05, 0) is 28.8 Å². The molecule has 2 heterocycles. The Morgan fingerprint density at radius 1 is 1.00 bits per heavy atom. The Morgan fingerprint density at radius 2 is 1.74 bits per heavy atom. The van der Waals surface area contributed by atoms with Gasteiger partial charge in [-0.25, -0.2) is 19.3 Å². The van der Waals surface area contributed by atoms with Crippen molar-refractivity contribution in [3.8, 4) is 0 Å². The van der Waals surface area contributed by atoms with Crippen molar-refractivity contribution in [2.24, 2.45) is 0 Å². The van der Waals surface area contributed by atoms with Crippen molar-refractivity contribution in [2.45, 2.75) is 12.2 Å². The van der Waals surface area contributed by atoms with Crippen molar-refractivity contribution in [1.29, 1.82) is 0 Å². The highest BCUT2D eigenvalue weighted by Crippen LogP contribution is 2.45. The molecule has 0 spiro atoms. The van der Waals surface area contributed by atoms with Crippen LogP contribution in [-0.4, -0.2) is 19.5 Å². The number of imidazole rings is 1. The van der Waals surface area contributed by atoms with Crippen LogP contribution in [0.2, 0.25) is 0 Å². The maximum Gasteiger partial charge on any atom is 0.451 e. The van der Waals surface area contributed by atoms with E-state index in [2.05, 4.69) is 32.5 Å². The zero-order chi connectivity index (χ0) is 21.8. The van der Waals surface area contributed by atoms with Crippen molar-refractivity contribution >= 4 is 41.4 Å². The molecule has 1 aliphatic rings. The van der Waals surface area contributed by atoms with E-state index in [-0.39, 0.29) is 17.0 Å². The maximum absolute atomic E-state index is 14.7. The Hall–Kier alpha value is -3.40. The lowest BCUT2D eigenvalue weighted by Crippen LogP contribution is -2.15. The van der Waals surface area contributed by atoms with Gasteiger partial charge in [0.15, 0.2) is 17.0 Å². The maximum atomic E-state index is 14.7. The molecule has 10 heteroatoms. The van der Waals surface area contributed by atoms with Gasteiger partial charge < -0.3 is 9.29 Å². The lowest BCUT2D eigenvalue weighted by molar-refractivity contribution is -0.144. The molecule has 0 saturated carbocycles. The highest BCUT2D eigenvalue weighted by atomic mass is 32.1. The van der Waals surface area contributed by atoms with Gasteiger partial charge in [0.05, 0.1) is 12.4 Å². The van der Waals surface area contributed by atoms with Gasteiger partial charge in [0.1, 0.15) is 5.82 Å². The molecule has 1 N–H and O–H groups in total. The molecule has 0 amide bonds. The van der Waals surface area contributed by atoms with Gasteiger partial charge in [-0.15, -0.1) is 0 Å². The largest absolute Gasteiger partial charge is 0.451 e. The summed E-state index contributed by atoms with van der Waals surface area (Å²) in [5.41, 5.74) is 2.66. The van der Waals surface area contributed by atoms with Crippen LogP contribution in [0.1, 0.15) is 28.6 Å². The lowest BCUT2D eigenvalue weighted by atomic mass is 9.97. The highest BCUT2D eigenvalue weighted by Gasteiger charge is 2.37. The fourth-order valence-corrected chi connectivity index (χ4v) is 3.99. The van der Waals surface area contributed by atoms with Crippen molar-refractivity contribution in [1.82, 2.24) is 19.5 Å². The third-order valence-corrected chi connectivity index (χ3v) is 5.35. The van der Waals surface area contributed by atoms with Gasteiger partial charge in [0.2, 0.25) is 5.82 Å². The third kappa shape index (κ3) is 3.14. The Kier molecular flexibility index (Phi) is 4.47. The summed E-state index contributed by atoms with van der Waals surface area (Å²) in [5, 5.41) is 0. The van der Waals surface area contributed by atoms with E-state index in [9.17, 15) is 17.6 Å². The minimum atomic E-state index is -4.76. The first-order valence-corrected chi connectivity index (χ1v) is 9.60. The van der Waals surface area contributed by atoms with E-state index in [1.807, 2.05) is 30.3 Å². The van der Waals surface area contributed by atoms with Crippen LogP contribution in [0.25, 0.3) is 22.8 Å². The number of halogens is 4. The third-order valence-electron chi connectivity index (χ3n) is 5.14. The fraction of sp³-hybridized carbons (Fsp3) is 0.0952. The molecular weight excluding hydrogens is 430 g/mol. The van der Waals surface area contributed by atoms with Gasteiger partial charge in [-0.1, -0.05) is 55.3 Å². The molecule has 2 aromatic heterocycles. The zero-order valence-corrected chi connectivity index (χ0v) is 16.5. The van der Waals surface area contributed by atoms with E-state index in [1.54, 1.807) is 18.2 Å². The predicted molar refractivity (Wildman–Crippen MR) is 112 cm³/mol. The summed E-state index contributed by atoms with van der Waals surface area (Å²) in [5.74, 6) is -1.91. The number of fused-ring (bicyclic) bond motifs is 2. The molecule has 0 fully saturated rings. The second-order valence-corrected chi connectivity index (χ2v) is 7.16. The normalized spacial score (nSPS) is 15.8. The van der Waals surface area contributed by atoms with Crippen molar-refractivity contribution in [3.05, 3.63) is 83.2 Å². The number of allylic oxidation sites excluding steroid dienone is 1. The lowest BCUT2D eigenvalue weighted by Gasteiger charge is -2.20. The molecule has 4 aromatic rings. The molecule has 0 aliphatic heterocycles. The first-order chi connectivity index (χ1) is 14.9. The van der Waals surface area contributed by atoms with E-state index in [1.165, 1.54) is 17.0 Å². The molecule has 1 atom stereocenters. The molecule has 0 saturated heterocycles. The van der Waals surface area contributed by atoms with Crippen molar-refractivity contribution < 1.29 is 17.6 Å². The van der Waals surface area contributed by atoms with Crippen LogP contribution in [0.5, 0.6) is 0 Å². The average molecular weight is 443 g/mol. The molecule has 0 bridgehead atoms. The van der Waals surface area contributed by atoms with Crippen molar-refractivity contribution in [2.75, 3.05) is 4.72 Å². The number of hydrogen-bond acceptors (Lipinski definition) is 5. The van der Waals surface area contributed by atoms with Gasteiger partial charge in [0.25, 0.3) is 0 Å². The average Bonchev–Trinajstić information content (AvgIpc) is 3.33. The molecule has 5 nitrogen and oxygen atoms in total. The number of nitrogens with zero attached hydrogens (tertiary/aromatic N) is 4. The number of benzene rings is 2. The number of nitrogens with one attached hydrogen (secondary N) is 1. The smallest absolute Gasteiger partial charge is 0.315 e. The number of alkyl halides is 3. The second kappa shape index (κ2) is 7.09. The quantitative estimate of drug-likeness (QED) is 0.330. The fourth-order valence-electron chi connectivity index (χ4n) is 3.84. The first kappa shape index (κ1) is 19.6. The molecule has 5 rings (SSSR count). The van der Waals surface area contributed by atoms with Crippen LogP contribution in [0.15, 0.2) is 54.9 Å². The number of hydrogen-bond donors (Lipinski definition) is 2. The van der Waals surface area contributed by atoms with Gasteiger partial charge in [-0.2, -0.15) is 13.2 Å². The number of anilines is 1. The molecule has 0 radical (unpaired) electrons. The monoisotopic (exact) mass is 443 g/mol. The Balaban J connectivity index is 1.78. The molecule has 31 heavy (non-hydrogen) atoms. The van der Waals surface area contributed by atoms with Crippen molar-refractivity contribution in [3.63, 3.8) is 0 Å². The second-order valence-electron chi connectivity index (χ2n) is 6.94. The van der Waals surface area contributed by atoms with E-state index >= 15 is 0 Å². The highest BCUT2D eigenvalue weighted by molar-refractivity contribution is 7.81. The van der Waals surface area contributed by atoms with Gasteiger partial charge >= 0.3 is 6.18 Å². The molecule has 1 unspecified atom stereocenters. The zero-order valence-electron chi connectivity index (χ0n) is 15.6. The Labute approximate surface area is 179 Å². The molecule has 2 aromatic carbocycles. The van der Waals surface area contributed by atoms with Crippen LogP contribution < -0.4 is 4.72 Å². The summed E-state index contributed by atoms with van der Waals surface area (Å²) in [6.07, 6.45) is -1.55. The number of thiol groups is 1. The summed E-state index contributed by atoms with van der Waals surface area (Å²) in [6.45, 7) is 0. The molecular formula is C21H13F4N5S. The minimum absolute atomic E-state index is 0.0391. The summed E-state index contributed by atoms with van der Waals surface area (Å²) in [4.78, 5) is 11.5. The Morgan fingerprint density at radius 3 is 2.48 bits per heavy atom. The van der Waals surface area contributed by atoms with Gasteiger partial charge in [-0.3, -0.25) is 0 Å². The minimum Gasteiger partial charge on any atom is -0.315 e. The van der Waals surface area contributed by atoms with Crippen LogP contribution in [0, 0.1) is 5.82 Å². The van der Waals surface area contributed by atoms with Gasteiger partial charge in [0, 0.05) is 5.56 Å². The summed E-state index contributed by atoms with van der Waals surface area (Å²) in [6, 6.07) is 13.0. The van der Waals surface area contributed by atoms with E-state index in [4.69, 9.17) is 0 Å². The number of aromatic nitrogens is 4. The van der Waals surface area contributed by atoms with Crippen LogP contribution in [0.4, 0.5) is 23.4 Å².